The summed E-state index contributed by atoms with van der Waals surface area (Å²) in [4.78, 5) is 9.58. The molecule has 0 atom stereocenters. The van der Waals surface area contributed by atoms with Crippen LogP contribution in [0.15, 0.2) is 36.9 Å². The van der Waals surface area contributed by atoms with Gasteiger partial charge >= 0.3 is 0 Å². The average molecular weight is 351 g/mol. The van der Waals surface area contributed by atoms with E-state index in [1.807, 2.05) is 22.6 Å². The van der Waals surface area contributed by atoms with Crippen LogP contribution in [0.2, 0.25) is 0 Å². The van der Waals surface area contributed by atoms with Crippen molar-refractivity contribution in [2.75, 3.05) is 0 Å². The Hall–Kier alpha value is -3.70. The molecule has 0 fully saturated rings. The van der Waals surface area contributed by atoms with Gasteiger partial charge in [0.05, 0.1) is 27.7 Å². The van der Waals surface area contributed by atoms with E-state index in [9.17, 15) is 10.5 Å². The fourth-order valence-corrected chi connectivity index (χ4v) is 3.30. The van der Waals surface area contributed by atoms with Gasteiger partial charge in [-0.3, -0.25) is 9.38 Å². The van der Waals surface area contributed by atoms with E-state index < -0.39 is 0 Å². The Morgan fingerprint density at radius 2 is 1.70 bits per heavy atom. The first-order chi connectivity index (χ1) is 12.9. The molecule has 0 aliphatic heterocycles. The molecule has 27 heavy (non-hydrogen) atoms. The maximum atomic E-state index is 9.36. The Bertz CT molecular complexity index is 1340. The molecule has 5 nitrogen and oxygen atoms in total. The number of imidazole rings is 1. The zero-order chi connectivity index (χ0) is 19.3. The summed E-state index contributed by atoms with van der Waals surface area (Å²) in [7, 11) is 0. The van der Waals surface area contributed by atoms with E-state index in [-0.39, 0.29) is 5.41 Å². The number of rotatable bonds is 1. The predicted molar refractivity (Wildman–Crippen MR) is 106 cm³/mol. The third-order valence-corrected chi connectivity index (χ3v) is 4.72. The number of hydrogen-bond acceptors (Lipinski definition) is 4. The van der Waals surface area contributed by atoms with E-state index in [4.69, 9.17) is 9.97 Å². The van der Waals surface area contributed by atoms with Crippen molar-refractivity contribution in [2.24, 2.45) is 0 Å². The molecule has 0 saturated heterocycles. The lowest BCUT2D eigenvalue weighted by atomic mass is 9.91. The summed E-state index contributed by atoms with van der Waals surface area (Å²) in [6, 6.07) is 13.6. The Balaban J connectivity index is 2.18. The average Bonchev–Trinajstić information content (AvgIpc) is 3.03. The molecule has 0 unspecified atom stereocenters. The number of hydrogen-bond donors (Lipinski definition) is 0. The van der Waals surface area contributed by atoms with Crippen molar-refractivity contribution in [3.05, 3.63) is 59.4 Å². The van der Waals surface area contributed by atoms with Crippen LogP contribution in [-0.2, 0) is 5.41 Å². The highest BCUT2D eigenvalue weighted by Crippen LogP contribution is 2.30. The Morgan fingerprint density at radius 1 is 1.00 bits per heavy atom. The van der Waals surface area contributed by atoms with E-state index in [2.05, 4.69) is 39.5 Å². The van der Waals surface area contributed by atoms with E-state index in [0.717, 1.165) is 33.5 Å². The van der Waals surface area contributed by atoms with Crippen LogP contribution in [0.25, 0.3) is 33.7 Å². The van der Waals surface area contributed by atoms with E-state index >= 15 is 0 Å². The van der Waals surface area contributed by atoms with Crippen LogP contribution >= 0.6 is 0 Å². The minimum Gasteiger partial charge on any atom is -0.292 e. The number of aromatic nitrogens is 3. The van der Waals surface area contributed by atoms with Crippen molar-refractivity contribution < 1.29 is 0 Å². The molecular weight excluding hydrogens is 334 g/mol. The van der Waals surface area contributed by atoms with Crippen LogP contribution < -0.4 is 0 Å². The molecule has 0 aliphatic carbocycles. The summed E-state index contributed by atoms with van der Waals surface area (Å²) in [6.45, 7) is 10.3. The first-order valence-corrected chi connectivity index (χ1v) is 8.60. The first-order valence-electron chi connectivity index (χ1n) is 8.60. The van der Waals surface area contributed by atoms with Crippen LogP contribution in [0.3, 0.4) is 0 Å². The van der Waals surface area contributed by atoms with Crippen molar-refractivity contribution in [2.45, 2.75) is 26.2 Å². The molecule has 0 spiro atoms. The zero-order valence-corrected chi connectivity index (χ0v) is 15.4. The second-order valence-corrected chi connectivity index (χ2v) is 7.53. The molecule has 1 aromatic carbocycles. The highest BCUT2D eigenvalue weighted by Gasteiger charge is 2.19. The summed E-state index contributed by atoms with van der Waals surface area (Å²) in [6.07, 6.45) is 1.75. The molecule has 4 rings (SSSR count). The number of fused-ring (bicyclic) bond motifs is 5. The quantitative estimate of drug-likeness (QED) is 0.497. The summed E-state index contributed by atoms with van der Waals surface area (Å²) in [5, 5.41) is 19.6. The topological polar surface area (TPSA) is 77.8 Å². The van der Waals surface area contributed by atoms with Crippen LogP contribution in [0.5, 0.6) is 0 Å². The number of benzene rings is 1. The van der Waals surface area contributed by atoms with Crippen LogP contribution in [0.4, 0.5) is 0 Å². The predicted octanol–water partition coefficient (Wildman–Crippen LogP) is 4.72. The van der Waals surface area contributed by atoms with Crippen LogP contribution in [0.1, 0.15) is 43.3 Å². The van der Waals surface area contributed by atoms with Gasteiger partial charge in [0.25, 0.3) is 0 Å². The SMILES string of the molecule is C=Cc1cc2nc(C(C)(C)C)ccc2c2nc3cc(C#N)c(C#N)cc3n12. The summed E-state index contributed by atoms with van der Waals surface area (Å²) in [5.41, 5.74) is 5.48. The molecule has 0 N–H and O–H groups in total. The molecule has 0 radical (unpaired) electrons. The van der Waals surface area contributed by atoms with Gasteiger partial charge in [-0.15, -0.1) is 0 Å². The maximum absolute atomic E-state index is 9.36. The van der Waals surface area contributed by atoms with Crippen molar-refractivity contribution in [3.8, 4) is 12.1 Å². The van der Waals surface area contributed by atoms with Gasteiger partial charge in [-0.25, -0.2) is 4.98 Å². The van der Waals surface area contributed by atoms with Gasteiger partial charge in [-0.1, -0.05) is 27.4 Å². The van der Waals surface area contributed by atoms with E-state index in [0.29, 0.717) is 16.6 Å². The van der Waals surface area contributed by atoms with Gasteiger partial charge in [0.15, 0.2) is 0 Å². The van der Waals surface area contributed by atoms with Crippen molar-refractivity contribution in [3.63, 3.8) is 0 Å². The second kappa shape index (κ2) is 5.65. The Morgan fingerprint density at radius 3 is 2.33 bits per heavy atom. The number of pyridine rings is 2. The molecule has 5 heteroatoms. The zero-order valence-electron chi connectivity index (χ0n) is 15.4. The molecule has 3 heterocycles. The van der Waals surface area contributed by atoms with Crippen molar-refractivity contribution in [1.29, 1.82) is 10.5 Å². The lowest BCUT2D eigenvalue weighted by Gasteiger charge is -2.18. The standard InChI is InChI=1S/C22H17N5/c1-5-15-10-17-16(6-7-20(25-17)22(2,3)4)21-26-18-8-13(11-23)14(12-24)9-19(18)27(15)21/h5-10H,1H2,2-4H3. The molecule has 0 saturated carbocycles. The number of nitriles is 2. The van der Waals surface area contributed by atoms with E-state index in [1.54, 1.807) is 18.2 Å². The van der Waals surface area contributed by atoms with Crippen molar-refractivity contribution >= 4 is 33.7 Å². The van der Waals surface area contributed by atoms with Crippen LogP contribution in [0, 0.1) is 22.7 Å². The lowest BCUT2D eigenvalue weighted by molar-refractivity contribution is 0.571. The fraction of sp³-hybridized carbons (Fsp3) is 0.182. The summed E-state index contributed by atoms with van der Waals surface area (Å²) >= 11 is 0. The molecule has 0 aliphatic rings. The third-order valence-electron chi connectivity index (χ3n) is 4.72. The van der Waals surface area contributed by atoms with Gasteiger partial charge in [0.2, 0.25) is 0 Å². The van der Waals surface area contributed by atoms with Gasteiger partial charge in [0.1, 0.15) is 17.8 Å². The van der Waals surface area contributed by atoms with Gasteiger partial charge in [-0.05, 0) is 36.4 Å². The van der Waals surface area contributed by atoms with Gasteiger partial charge in [-0.2, -0.15) is 10.5 Å². The molecule has 3 aromatic heterocycles. The van der Waals surface area contributed by atoms with Crippen molar-refractivity contribution in [1.82, 2.24) is 14.4 Å². The summed E-state index contributed by atoms with van der Waals surface area (Å²) < 4.78 is 1.96. The minimum atomic E-state index is -0.0574. The largest absolute Gasteiger partial charge is 0.292 e. The molecule has 130 valence electrons. The third kappa shape index (κ3) is 2.45. The summed E-state index contributed by atoms with van der Waals surface area (Å²) in [5.74, 6) is 0. The van der Waals surface area contributed by atoms with Gasteiger partial charge in [0, 0.05) is 22.2 Å². The Labute approximate surface area is 156 Å². The molecular formula is C22H17N5. The van der Waals surface area contributed by atoms with Gasteiger partial charge < -0.3 is 0 Å². The molecule has 0 amide bonds. The Kier molecular flexibility index (Phi) is 3.51. The first kappa shape index (κ1) is 16.8. The fourth-order valence-electron chi connectivity index (χ4n) is 3.30. The lowest BCUT2D eigenvalue weighted by Crippen LogP contribution is -2.13. The van der Waals surface area contributed by atoms with Crippen LogP contribution in [-0.4, -0.2) is 14.4 Å². The normalized spacial score (nSPS) is 11.6. The minimum absolute atomic E-state index is 0.0574. The second-order valence-electron chi connectivity index (χ2n) is 7.53. The molecule has 0 bridgehead atoms. The molecule has 4 aromatic rings. The monoisotopic (exact) mass is 351 g/mol. The smallest absolute Gasteiger partial charge is 0.147 e. The number of nitrogens with zero attached hydrogens (tertiary/aromatic N) is 5. The maximum Gasteiger partial charge on any atom is 0.147 e. The van der Waals surface area contributed by atoms with E-state index in [1.165, 1.54) is 0 Å². The highest BCUT2D eigenvalue weighted by atomic mass is 15.0. The highest BCUT2D eigenvalue weighted by molar-refractivity contribution is 5.98.